The Hall–Kier alpha value is -0.570. The predicted octanol–water partition coefficient (Wildman–Crippen LogP) is 2.93. The maximum absolute atomic E-state index is 11.9. The van der Waals surface area contributed by atoms with E-state index in [9.17, 15) is 4.79 Å². The second-order valence-electron chi connectivity index (χ2n) is 5.81. The Morgan fingerprint density at radius 3 is 2.28 bits per heavy atom. The van der Waals surface area contributed by atoms with Gasteiger partial charge in [-0.2, -0.15) is 0 Å². The maximum atomic E-state index is 11.9. The second kappa shape index (κ2) is 8.52. The minimum absolute atomic E-state index is 0.183. The van der Waals surface area contributed by atoms with Gasteiger partial charge in [0.25, 0.3) is 0 Å². The van der Waals surface area contributed by atoms with Crippen molar-refractivity contribution in [3.05, 3.63) is 0 Å². The van der Waals surface area contributed by atoms with Crippen LogP contribution in [0.4, 0.5) is 0 Å². The first-order chi connectivity index (χ1) is 8.65. The third-order valence-corrected chi connectivity index (χ3v) is 4.02. The van der Waals surface area contributed by atoms with Crippen LogP contribution in [-0.2, 0) is 4.79 Å². The molecule has 1 aliphatic heterocycles. The van der Waals surface area contributed by atoms with Gasteiger partial charge in [-0.3, -0.25) is 4.79 Å². The zero-order valence-electron chi connectivity index (χ0n) is 12.2. The molecular weight excluding hydrogens is 224 g/mol. The number of amides is 1. The summed E-state index contributed by atoms with van der Waals surface area (Å²) in [5, 5.41) is 0. The van der Waals surface area contributed by atoms with E-state index in [0.29, 0.717) is 18.2 Å². The summed E-state index contributed by atoms with van der Waals surface area (Å²) in [6, 6.07) is 0.183. The fraction of sp³-hybridized carbons (Fsp3) is 0.933. The van der Waals surface area contributed by atoms with Crippen LogP contribution in [0.2, 0.25) is 0 Å². The highest BCUT2D eigenvalue weighted by molar-refractivity contribution is 5.76. The van der Waals surface area contributed by atoms with E-state index in [2.05, 4.69) is 13.8 Å². The van der Waals surface area contributed by atoms with E-state index in [4.69, 9.17) is 5.73 Å². The molecule has 1 aliphatic rings. The van der Waals surface area contributed by atoms with Gasteiger partial charge < -0.3 is 10.6 Å². The Morgan fingerprint density at radius 2 is 1.72 bits per heavy atom. The number of rotatable bonds is 8. The van der Waals surface area contributed by atoms with Crippen molar-refractivity contribution in [3.63, 3.8) is 0 Å². The van der Waals surface area contributed by atoms with Crippen LogP contribution in [0.15, 0.2) is 0 Å². The molecule has 0 aromatic rings. The number of likely N-dealkylation sites (tertiary alicyclic amines) is 1. The number of nitrogens with two attached hydrogens (primary N) is 1. The van der Waals surface area contributed by atoms with Gasteiger partial charge in [-0.05, 0) is 12.3 Å². The minimum Gasteiger partial charge on any atom is -0.341 e. The molecule has 0 spiro atoms. The third-order valence-electron chi connectivity index (χ3n) is 4.02. The van der Waals surface area contributed by atoms with Gasteiger partial charge in [0.1, 0.15) is 0 Å². The van der Waals surface area contributed by atoms with Gasteiger partial charge in [-0.15, -0.1) is 0 Å². The van der Waals surface area contributed by atoms with Gasteiger partial charge in [0, 0.05) is 25.6 Å². The number of unbranched alkanes of at least 4 members (excludes halogenated alkanes) is 6. The number of carbonyl (C=O) groups excluding carboxylic acids is 1. The number of hydrogen-bond acceptors (Lipinski definition) is 2. The Morgan fingerprint density at radius 1 is 1.11 bits per heavy atom. The van der Waals surface area contributed by atoms with Gasteiger partial charge >= 0.3 is 0 Å². The molecule has 2 unspecified atom stereocenters. The summed E-state index contributed by atoms with van der Waals surface area (Å²) >= 11 is 0. The molecule has 18 heavy (non-hydrogen) atoms. The molecule has 3 nitrogen and oxygen atoms in total. The molecule has 0 aliphatic carbocycles. The first-order valence-electron chi connectivity index (χ1n) is 7.68. The molecule has 2 N–H and O–H groups in total. The SMILES string of the molecule is CCCCCCCCCC(=O)N1CC(C)C(N)C1. The van der Waals surface area contributed by atoms with E-state index in [1.807, 2.05) is 4.90 Å². The van der Waals surface area contributed by atoms with Crippen molar-refractivity contribution in [2.45, 2.75) is 71.3 Å². The fourth-order valence-corrected chi connectivity index (χ4v) is 2.59. The molecule has 0 saturated carbocycles. The molecule has 1 heterocycles. The Labute approximate surface area is 112 Å². The zero-order chi connectivity index (χ0) is 13.4. The second-order valence-corrected chi connectivity index (χ2v) is 5.81. The highest BCUT2D eigenvalue weighted by atomic mass is 16.2. The first-order valence-corrected chi connectivity index (χ1v) is 7.68. The molecule has 0 aromatic carbocycles. The van der Waals surface area contributed by atoms with Crippen LogP contribution >= 0.6 is 0 Å². The summed E-state index contributed by atoms with van der Waals surface area (Å²) in [6.07, 6.45) is 9.57. The minimum atomic E-state index is 0.183. The van der Waals surface area contributed by atoms with E-state index in [0.717, 1.165) is 19.5 Å². The van der Waals surface area contributed by atoms with Crippen molar-refractivity contribution >= 4 is 5.91 Å². The molecular formula is C15H30N2O. The van der Waals surface area contributed by atoms with Gasteiger partial charge in [-0.25, -0.2) is 0 Å². The van der Waals surface area contributed by atoms with Gasteiger partial charge in [0.15, 0.2) is 0 Å². The van der Waals surface area contributed by atoms with Gasteiger partial charge in [0.05, 0.1) is 0 Å². The molecule has 3 heteroatoms. The topological polar surface area (TPSA) is 46.3 Å². The quantitative estimate of drug-likeness (QED) is 0.677. The van der Waals surface area contributed by atoms with Crippen molar-refractivity contribution in [1.29, 1.82) is 0 Å². The highest BCUT2D eigenvalue weighted by Crippen LogP contribution is 2.16. The molecule has 1 amide bonds. The molecule has 0 aromatic heterocycles. The summed E-state index contributed by atoms with van der Waals surface area (Å²) in [6.45, 7) is 5.99. The average Bonchev–Trinajstić information content (AvgIpc) is 2.68. The molecule has 106 valence electrons. The molecule has 1 saturated heterocycles. The van der Waals surface area contributed by atoms with Crippen molar-refractivity contribution in [1.82, 2.24) is 4.90 Å². The van der Waals surface area contributed by atoms with Crippen LogP contribution in [0.25, 0.3) is 0 Å². The van der Waals surface area contributed by atoms with Crippen LogP contribution in [-0.4, -0.2) is 29.9 Å². The van der Waals surface area contributed by atoms with Crippen LogP contribution in [0.3, 0.4) is 0 Å². The number of nitrogens with zero attached hydrogens (tertiary/aromatic N) is 1. The van der Waals surface area contributed by atoms with Crippen molar-refractivity contribution in [2.24, 2.45) is 11.7 Å². The van der Waals surface area contributed by atoms with E-state index in [1.54, 1.807) is 0 Å². The van der Waals surface area contributed by atoms with Crippen LogP contribution in [0.1, 0.15) is 65.2 Å². The van der Waals surface area contributed by atoms with Crippen LogP contribution < -0.4 is 5.73 Å². The van der Waals surface area contributed by atoms with E-state index in [-0.39, 0.29) is 6.04 Å². The highest BCUT2D eigenvalue weighted by Gasteiger charge is 2.29. The maximum Gasteiger partial charge on any atom is 0.222 e. The first kappa shape index (κ1) is 15.5. The lowest BCUT2D eigenvalue weighted by Crippen LogP contribution is -2.32. The smallest absolute Gasteiger partial charge is 0.222 e. The summed E-state index contributed by atoms with van der Waals surface area (Å²) in [4.78, 5) is 13.9. The van der Waals surface area contributed by atoms with E-state index >= 15 is 0 Å². The predicted molar refractivity (Wildman–Crippen MR) is 76.3 cm³/mol. The Kier molecular flexibility index (Phi) is 7.33. The number of carbonyl (C=O) groups is 1. The fourth-order valence-electron chi connectivity index (χ4n) is 2.59. The monoisotopic (exact) mass is 254 g/mol. The molecule has 1 fully saturated rings. The van der Waals surface area contributed by atoms with Crippen molar-refractivity contribution in [2.75, 3.05) is 13.1 Å². The van der Waals surface area contributed by atoms with Crippen LogP contribution in [0.5, 0.6) is 0 Å². The van der Waals surface area contributed by atoms with E-state index < -0.39 is 0 Å². The molecule has 0 radical (unpaired) electrons. The van der Waals surface area contributed by atoms with E-state index in [1.165, 1.54) is 38.5 Å². The lowest BCUT2D eigenvalue weighted by molar-refractivity contribution is -0.130. The van der Waals surface area contributed by atoms with Crippen LogP contribution in [0, 0.1) is 5.92 Å². The Balaban J connectivity index is 2.00. The van der Waals surface area contributed by atoms with Gasteiger partial charge in [-0.1, -0.05) is 52.4 Å². The van der Waals surface area contributed by atoms with Gasteiger partial charge in [0.2, 0.25) is 5.91 Å². The molecule has 1 rings (SSSR count). The zero-order valence-corrected chi connectivity index (χ0v) is 12.2. The Bertz CT molecular complexity index is 233. The lowest BCUT2D eigenvalue weighted by atomic mass is 10.1. The standard InChI is InChI=1S/C15H30N2O/c1-3-4-5-6-7-8-9-10-15(18)17-11-13(2)14(16)12-17/h13-14H,3-12,16H2,1-2H3. The summed E-state index contributed by atoms with van der Waals surface area (Å²) in [5.41, 5.74) is 5.94. The van der Waals surface area contributed by atoms with Crippen molar-refractivity contribution in [3.8, 4) is 0 Å². The molecule has 0 bridgehead atoms. The average molecular weight is 254 g/mol. The van der Waals surface area contributed by atoms with Crippen molar-refractivity contribution < 1.29 is 4.79 Å². The summed E-state index contributed by atoms with van der Waals surface area (Å²) in [5.74, 6) is 0.770. The molecule has 2 atom stereocenters. The summed E-state index contributed by atoms with van der Waals surface area (Å²) < 4.78 is 0. The third kappa shape index (κ3) is 5.38. The normalized spacial score (nSPS) is 23.6. The number of hydrogen-bond donors (Lipinski definition) is 1. The lowest BCUT2D eigenvalue weighted by Gasteiger charge is -2.15. The summed E-state index contributed by atoms with van der Waals surface area (Å²) in [7, 11) is 0. The largest absolute Gasteiger partial charge is 0.341 e.